The first-order chi connectivity index (χ1) is 8.66. The van der Waals surface area contributed by atoms with Gasteiger partial charge in [0.25, 0.3) is 0 Å². The van der Waals surface area contributed by atoms with Crippen molar-refractivity contribution < 1.29 is 9.13 Å². The predicted molar refractivity (Wildman–Crippen MR) is 71.9 cm³/mol. The molecule has 1 aromatic carbocycles. The monoisotopic (exact) mass is 310 g/mol. The van der Waals surface area contributed by atoms with Gasteiger partial charge in [0.05, 0.1) is 16.8 Å². The Morgan fingerprint density at radius 3 is 2.83 bits per heavy atom. The smallest absolute Gasteiger partial charge is 0.156 e. The van der Waals surface area contributed by atoms with Crippen molar-refractivity contribution in [1.82, 2.24) is 4.98 Å². The van der Waals surface area contributed by atoms with Gasteiger partial charge in [-0.05, 0) is 34.1 Å². The molecule has 0 atom stereocenters. The molecule has 0 aliphatic rings. The minimum Gasteiger partial charge on any atom is -0.490 e. The van der Waals surface area contributed by atoms with Gasteiger partial charge in [0.15, 0.2) is 5.75 Å². The van der Waals surface area contributed by atoms with Crippen LogP contribution in [0.5, 0.6) is 5.75 Å². The van der Waals surface area contributed by atoms with Gasteiger partial charge in [0, 0.05) is 24.4 Å². The number of nitrogen functional groups attached to an aromatic ring is 1. The number of hydrogen-bond acceptors (Lipinski definition) is 3. The number of anilines is 1. The Morgan fingerprint density at radius 2 is 2.17 bits per heavy atom. The molecule has 5 heteroatoms. The minimum atomic E-state index is -0.392. The molecule has 0 amide bonds. The lowest BCUT2D eigenvalue weighted by Gasteiger charge is -2.10. The fourth-order valence-corrected chi connectivity index (χ4v) is 2.10. The van der Waals surface area contributed by atoms with Gasteiger partial charge < -0.3 is 10.5 Å². The van der Waals surface area contributed by atoms with Crippen LogP contribution in [0.25, 0.3) is 0 Å². The molecule has 3 nitrogen and oxygen atoms in total. The van der Waals surface area contributed by atoms with E-state index < -0.39 is 5.82 Å². The van der Waals surface area contributed by atoms with Crippen molar-refractivity contribution in [1.29, 1.82) is 0 Å². The van der Waals surface area contributed by atoms with E-state index in [-0.39, 0.29) is 5.69 Å². The molecule has 2 aromatic rings. The molecular weight excluding hydrogens is 299 g/mol. The summed E-state index contributed by atoms with van der Waals surface area (Å²) >= 11 is 3.22. The van der Waals surface area contributed by atoms with E-state index in [0.29, 0.717) is 23.2 Å². The van der Waals surface area contributed by atoms with Gasteiger partial charge in [0.1, 0.15) is 5.82 Å². The summed E-state index contributed by atoms with van der Waals surface area (Å²) in [5, 5.41) is 0. The summed E-state index contributed by atoms with van der Waals surface area (Å²) in [6, 6.07) is 8.27. The third-order valence-corrected chi connectivity index (χ3v) is 2.96. The third-order valence-electron chi connectivity index (χ3n) is 2.37. The van der Waals surface area contributed by atoms with Crippen LogP contribution in [0.2, 0.25) is 0 Å². The maximum Gasteiger partial charge on any atom is 0.156 e. The lowest BCUT2D eigenvalue weighted by atomic mass is 10.2. The zero-order valence-electron chi connectivity index (χ0n) is 9.57. The molecule has 0 saturated heterocycles. The van der Waals surface area contributed by atoms with E-state index in [4.69, 9.17) is 10.5 Å². The number of nitrogens with zero attached hydrogens (tertiary/aromatic N) is 1. The van der Waals surface area contributed by atoms with E-state index >= 15 is 0 Å². The summed E-state index contributed by atoms with van der Waals surface area (Å²) in [7, 11) is 0. The number of halogens is 2. The van der Waals surface area contributed by atoms with E-state index in [1.165, 1.54) is 12.1 Å². The van der Waals surface area contributed by atoms with Gasteiger partial charge in [-0.2, -0.15) is 0 Å². The van der Waals surface area contributed by atoms with Crippen LogP contribution in [0, 0.1) is 5.82 Å². The van der Waals surface area contributed by atoms with Crippen molar-refractivity contribution in [2.45, 2.75) is 6.42 Å². The normalized spacial score (nSPS) is 10.3. The van der Waals surface area contributed by atoms with Crippen LogP contribution in [0.3, 0.4) is 0 Å². The largest absolute Gasteiger partial charge is 0.490 e. The van der Waals surface area contributed by atoms with Gasteiger partial charge >= 0.3 is 0 Å². The summed E-state index contributed by atoms with van der Waals surface area (Å²) in [4.78, 5) is 4.19. The summed E-state index contributed by atoms with van der Waals surface area (Å²) < 4.78 is 19.1. The number of ether oxygens (including phenoxy) is 1. The van der Waals surface area contributed by atoms with E-state index in [0.717, 1.165) is 5.69 Å². The van der Waals surface area contributed by atoms with Crippen LogP contribution >= 0.6 is 15.9 Å². The topological polar surface area (TPSA) is 48.1 Å². The molecule has 94 valence electrons. The molecule has 0 fully saturated rings. The zero-order chi connectivity index (χ0) is 13.0. The number of aromatic nitrogens is 1. The Balaban J connectivity index is 1.99. The fraction of sp³-hybridized carbons (Fsp3) is 0.154. The van der Waals surface area contributed by atoms with Crippen LogP contribution in [-0.2, 0) is 6.42 Å². The number of rotatable bonds is 4. The first-order valence-electron chi connectivity index (χ1n) is 5.44. The molecule has 2 rings (SSSR count). The summed E-state index contributed by atoms with van der Waals surface area (Å²) in [6.07, 6.45) is 2.40. The van der Waals surface area contributed by atoms with Crippen LogP contribution < -0.4 is 10.5 Å². The second-order valence-electron chi connectivity index (χ2n) is 3.73. The molecule has 0 radical (unpaired) electrons. The van der Waals surface area contributed by atoms with Crippen molar-refractivity contribution in [3.63, 3.8) is 0 Å². The quantitative estimate of drug-likeness (QED) is 0.882. The molecule has 2 N–H and O–H groups in total. The fourth-order valence-electron chi connectivity index (χ4n) is 1.54. The molecule has 1 heterocycles. The maximum absolute atomic E-state index is 13.0. The first kappa shape index (κ1) is 12.8. The number of pyridine rings is 1. The highest BCUT2D eigenvalue weighted by Gasteiger charge is 2.08. The second-order valence-corrected chi connectivity index (χ2v) is 4.58. The van der Waals surface area contributed by atoms with Crippen LogP contribution in [0.15, 0.2) is 41.0 Å². The van der Waals surface area contributed by atoms with Crippen LogP contribution in [-0.4, -0.2) is 11.6 Å². The third kappa shape index (κ3) is 3.20. The molecule has 0 aliphatic heterocycles. The molecule has 1 aromatic heterocycles. The van der Waals surface area contributed by atoms with E-state index in [1.807, 2.05) is 18.2 Å². The van der Waals surface area contributed by atoms with Gasteiger partial charge in [-0.1, -0.05) is 6.07 Å². The number of nitrogens with two attached hydrogens (primary N) is 1. The molecule has 0 spiro atoms. The highest BCUT2D eigenvalue weighted by molar-refractivity contribution is 9.10. The van der Waals surface area contributed by atoms with Crippen molar-refractivity contribution in [2.24, 2.45) is 0 Å². The zero-order valence-corrected chi connectivity index (χ0v) is 11.2. The van der Waals surface area contributed by atoms with Gasteiger partial charge in [-0.25, -0.2) is 4.39 Å². The van der Waals surface area contributed by atoms with Crippen molar-refractivity contribution in [3.8, 4) is 5.75 Å². The van der Waals surface area contributed by atoms with Crippen LogP contribution in [0.4, 0.5) is 10.1 Å². The molecule has 0 bridgehead atoms. The minimum absolute atomic E-state index is 0.280. The Morgan fingerprint density at radius 1 is 1.33 bits per heavy atom. The Labute approximate surface area is 113 Å². The van der Waals surface area contributed by atoms with E-state index in [2.05, 4.69) is 20.9 Å². The average molecular weight is 311 g/mol. The number of benzene rings is 1. The summed E-state index contributed by atoms with van der Waals surface area (Å²) in [5.74, 6) is 0.0729. The van der Waals surface area contributed by atoms with Crippen molar-refractivity contribution in [3.05, 3.63) is 52.5 Å². The summed E-state index contributed by atoms with van der Waals surface area (Å²) in [6.45, 7) is 0.436. The average Bonchev–Trinajstić information content (AvgIpc) is 2.34. The lowest BCUT2D eigenvalue weighted by Crippen LogP contribution is -2.05. The molecule has 0 saturated carbocycles. The molecule has 18 heavy (non-hydrogen) atoms. The maximum atomic E-state index is 13.0. The van der Waals surface area contributed by atoms with Crippen molar-refractivity contribution in [2.75, 3.05) is 12.3 Å². The Bertz CT molecular complexity index is 511. The molecular formula is C13H12BrFN2O. The molecule has 0 aliphatic carbocycles. The predicted octanol–water partition coefficient (Wildman–Crippen LogP) is 3.19. The SMILES string of the molecule is Nc1cc(F)cc(Br)c1OCCc1ccccn1. The van der Waals surface area contributed by atoms with E-state index in [9.17, 15) is 4.39 Å². The highest BCUT2D eigenvalue weighted by atomic mass is 79.9. The lowest BCUT2D eigenvalue weighted by molar-refractivity contribution is 0.320. The Hall–Kier alpha value is -1.62. The van der Waals surface area contributed by atoms with Gasteiger partial charge in [-0.3, -0.25) is 4.98 Å². The Kier molecular flexibility index (Phi) is 4.15. The van der Waals surface area contributed by atoms with Crippen LogP contribution in [0.1, 0.15) is 5.69 Å². The summed E-state index contributed by atoms with van der Waals surface area (Å²) in [5.41, 5.74) is 6.91. The molecule has 0 unspecified atom stereocenters. The first-order valence-corrected chi connectivity index (χ1v) is 6.23. The number of hydrogen-bond donors (Lipinski definition) is 1. The second kappa shape index (κ2) is 5.82. The van der Waals surface area contributed by atoms with E-state index in [1.54, 1.807) is 6.20 Å². The standard InChI is InChI=1S/C13H12BrFN2O/c14-11-7-9(15)8-12(16)13(11)18-6-4-10-3-1-2-5-17-10/h1-3,5,7-8H,4,6,16H2. The van der Waals surface area contributed by atoms with Crippen molar-refractivity contribution >= 4 is 21.6 Å². The van der Waals surface area contributed by atoms with Gasteiger partial charge in [-0.15, -0.1) is 0 Å². The van der Waals surface area contributed by atoms with Gasteiger partial charge in [0.2, 0.25) is 0 Å². The highest BCUT2D eigenvalue weighted by Crippen LogP contribution is 2.32.